The van der Waals surface area contributed by atoms with E-state index in [1.54, 1.807) is 5.57 Å². The number of aliphatic hydroxyl groups is 2. The van der Waals surface area contributed by atoms with Gasteiger partial charge in [-0.15, -0.1) is 0 Å². The van der Waals surface area contributed by atoms with Crippen LogP contribution in [-0.2, 0) is 0 Å². The molecule has 3 saturated carbocycles. The molecule has 0 aromatic heterocycles. The lowest BCUT2D eigenvalue weighted by Crippen LogP contribution is -2.52. The van der Waals surface area contributed by atoms with E-state index >= 15 is 0 Å². The Balaban J connectivity index is 1.73. The quantitative estimate of drug-likeness (QED) is 0.671. The minimum absolute atomic E-state index is 0.0900. The summed E-state index contributed by atoms with van der Waals surface area (Å²) in [5, 5.41) is 20.9. The fraction of sp³-hybridized carbons (Fsp3) is 0.895. The molecule has 124 valence electrons. The number of hydrogen-bond donors (Lipinski definition) is 2. The number of aliphatic hydroxyl groups excluding tert-OH is 2. The largest absolute Gasteiger partial charge is 0.390 e. The van der Waals surface area contributed by atoms with E-state index in [4.69, 9.17) is 0 Å². The fourth-order valence-corrected chi connectivity index (χ4v) is 6.72. The highest BCUT2D eigenvalue weighted by molar-refractivity contribution is 5.25. The first kappa shape index (κ1) is 15.1. The van der Waals surface area contributed by atoms with Crippen LogP contribution in [0.15, 0.2) is 11.6 Å². The second kappa shape index (κ2) is 4.80. The Bertz CT molecular complexity index is 504. The minimum Gasteiger partial charge on any atom is -0.390 e. The Kier molecular flexibility index (Phi) is 3.30. The molecule has 0 saturated heterocycles. The maximum Gasteiger partial charge on any atom is 0.152 e. The van der Waals surface area contributed by atoms with Gasteiger partial charge in [0.2, 0.25) is 0 Å². The number of fused-ring (bicyclic) bond motifs is 5. The molecule has 0 bridgehead atoms. The van der Waals surface area contributed by atoms with Gasteiger partial charge in [0, 0.05) is 5.41 Å². The molecule has 3 fully saturated rings. The molecule has 4 aliphatic rings. The maximum absolute atomic E-state index is 14.3. The van der Waals surface area contributed by atoms with Crippen LogP contribution in [0.5, 0.6) is 0 Å². The minimum atomic E-state index is -1.47. The van der Waals surface area contributed by atoms with Gasteiger partial charge in [0.1, 0.15) is 0 Å². The highest BCUT2D eigenvalue weighted by Crippen LogP contribution is 2.65. The molecule has 0 aromatic carbocycles. The second-order valence-electron chi connectivity index (χ2n) is 8.81. The van der Waals surface area contributed by atoms with Gasteiger partial charge < -0.3 is 10.2 Å². The Morgan fingerprint density at radius 1 is 1.18 bits per heavy atom. The summed E-state index contributed by atoms with van der Waals surface area (Å²) in [6, 6.07) is 0. The molecule has 0 aromatic rings. The maximum atomic E-state index is 14.3. The summed E-state index contributed by atoms with van der Waals surface area (Å²) in [5.41, 5.74) is 1.42. The van der Waals surface area contributed by atoms with E-state index in [0.717, 1.165) is 19.3 Å². The van der Waals surface area contributed by atoms with Crippen molar-refractivity contribution in [2.45, 2.75) is 77.2 Å². The van der Waals surface area contributed by atoms with E-state index in [1.165, 1.54) is 25.7 Å². The van der Waals surface area contributed by atoms with E-state index in [9.17, 15) is 14.6 Å². The summed E-state index contributed by atoms with van der Waals surface area (Å²) >= 11 is 0. The summed E-state index contributed by atoms with van der Waals surface area (Å²) in [6.45, 7) is 4.41. The molecule has 0 aliphatic heterocycles. The fourth-order valence-electron chi connectivity index (χ4n) is 6.72. The average molecular weight is 308 g/mol. The van der Waals surface area contributed by atoms with Crippen LogP contribution in [0.1, 0.15) is 58.8 Å². The Labute approximate surface area is 132 Å². The highest BCUT2D eigenvalue weighted by Gasteiger charge is 2.64. The molecule has 0 heterocycles. The number of halogens is 1. The second-order valence-corrected chi connectivity index (χ2v) is 8.81. The summed E-state index contributed by atoms with van der Waals surface area (Å²) in [7, 11) is 0. The third kappa shape index (κ3) is 1.73. The molecule has 4 rings (SSSR count). The van der Waals surface area contributed by atoms with Crippen molar-refractivity contribution >= 4 is 0 Å². The van der Waals surface area contributed by atoms with Gasteiger partial charge in [-0.2, -0.15) is 0 Å². The van der Waals surface area contributed by atoms with Crippen LogP contribution in [0.25, 0.3) is 0 Å². The van der Waals surface area contributed by atoms with Crippen molar-refractivity contribution in [3.8, 4) is 0 Å². The van der Waals surface area contributed by atoms with Crippen LogP contribution in [0, 0.1) is 28.6 Å². The summed E-state index contributed by atoms with van der Waals surface area (Å²) < 4.78 is 14.3. The molecule has 0 radical (unpaired) electrons. The Hall–Kier alpha value is -0.410. The molecule has 0 amide bonds. The molecule has 4 aliphatic carbocycles. The molecule has 22 heavy (non-hydrogen) atoms. The summed E-state index contributed by atoms with van der Waals surface area (Å²) in [4.78, 5) is 0. The molecule has 2 nitrogen and oxygen atoms in total. The van der Waals surface area contributed by atoms with Gasteiger partial charge >= 0.3 is 0 Å². The number of rotatable bonds is 0. The number of hydrogen-bond acceptors (Lipinski definition) is 2. The Morgan fingerprint density at radius 2 is 1.95 bits per heavy atom. The zero-order valence-electron chi connectivity index (χ0n) is 13.8. The first-order valence-corrected chi connectivity index (χ1v) is 9.09. The highest BCUT2D eigenvalue weighted by atomic mass is 19.1. The van der Waals surface area contributed by atoms with Crippen molar-refractivity contribution in [1.29, 1.82) is 0 Å². The van der Waals surface area contributed by atoms with Crippen molar-refractivity contribution < 1.29 is 14.6 Å². The zero-order chi connectivity index (χ0) is 15.7. The average Bonchev–Trinajstić information content (AvgIpc) is 2.68. The van der Waals surface area contributed by atoms with Gasteiger partial charge in [-0.3, -0.25) is 0 Å². The molecule has 0 unspecified atom stereocenters. The van der Waals surface area contributed by atoms with Gasteiger partial charge in [-0.05, 0) is 61.7 Å². The van der Waals surface area contributed by atoms with Crippen LogP contribution in [0.4, 0.5) is 4.39 Å². The third-order valence-corrected chi connectivity index (χ3v) is 7.99. The monoisotopic (exact) mass is 308 g/mol. The van der Waals surface area contributed by atoms with Crippen LogP contribution in [-0.4, -0.2) is 28.6 Å². The molecule has 8 atom stereocenters. The molecular formula is C19H29FO2. The molecule has 0 spiro atoms. The van der Waals surface area contributed by atoms with E-state index in [0.29, 0.717) is 11.8 Å². The van der Waals surface area contributed by atoms with Crippen LogP contribution in [0.3, 0.4) is 0 Å². The van der Waals surface area contributed by atoms with Crippen LogP contribution >= 0.6 is 0 Å². The van der Waals surface area contributed by atoms with Gasteiger partial charge in [0.15, 0.2) is 6.17 Å². The molecule has 3 heteroatoms. The number of alkyl halides is 1. The Morgan fingerprint density at radius 3 is 2.73 bits per heavy atom. The van der Waals surface area contributed by atoms with Gasteiger partial charge in [-0.1, -0.05) is 31.9 Å². The predicted molar refractivity (Wildman–Crippen MR) is 84.0 cm³/mol. The third-order valence-electron chi connectivity index (χ3n) is 7.99. The first-order valence-electron chi connectivity index (χ1n) is 9.09. The van der Waals surface area contributed by atoms with Crippen molar-refractivity contribution in [3.05, 3.63) is 11.6 Å². The normalized spacial score (nSPS) is 57.6. The van der Waals surface area contributed by atoms with Gasteiger partial charge in [0.25, 0.3) is 0 Å². The molecular weight excluding hydrogens is 279 g/mol. The molecule has 2 N–H and O–H groups in total. The lowest BCUT2D eigenvalue weighted by molar-refractivity contribution is -0.0861. The van der Waals surface area contributed by atoms with Crippen molar-refractivity contribution in [3.63, 3.8) is 0 Å². The van der Waals surface area contributed by atoms with E-state index in [-0.39, 0.29) is 11.3 Å². The van der Waals surface area contributed by atoms with Gasteiger partial charge in [-0.25, -0.2) is 4.39 Å². The van der Waals surface area contributed by atoms with E-state index in [2.05, 4.69) is 13.0 Å². The summed E-state index contributed by atoms with van der Waals surface area (Å²) in [6.07, 6.45) is 6.86. The lowest BCUT2D eigenvalue weighted by atomic mass is 9.48. The van der Waals surface area contributed by atoms with Crippen molar-refractivity contribution in [2.24, 2.45) is 28.6 Å². The smallest absolute Gasteiger partial charge is 0.152 e. The lowest BCUT2D eigenvalue weighted by Gasteiger charge is -2.57. The summed E-state index contributed by atoms with van der Waals surface area (Å²) in [5.74, 6) is 0.793. The van der Waals surface area contributed by atoms with E-state index < -0.39 is 23.8 Å². The van der Waals surface area contributed by atoms with Crippen LogP contribution < -0.4 is 0 Å². The van der Waals surface area contributed by atoms with E-state index in [1.807, 2.05) is 6.92 Å². The van der Waals surface area contributed by atoms with Crippen molar-refractivity contribution in [1.82, 2.24) is 0 Å². The zero-order valence-corrected chi connectivity index (χ0v) is 13.8. The topological polar surface area (TPSA) is 40.5 Å². The SMILES string of the molecule is C[C@]12CC[C@H]3[C@@H](CC=C4CCCC[C@@]43C)[C@@H]1[C@@H](O)[C@@H](F)[C@@H]2O. The van der Waals surface area contributed by atoms with Gasteiger partial charge in [0.05, 0.1) is 12.2 Å². The van der Waals surface area contributed by atoms with Crippen molar-refractivity contribution in [2.75, 3.05) is 0 Å². The standard InChI is InChI=1S/C19H29FO2/c1-18-9-4-3-5-11(18)6-7-12-13(18)8-10-19(2)14(12)16(21)15(20)17(19)22/h6,12-17,21-22H,3-5,7-10H2,1-2H3/t12-,13+,14-,15-,16-,17+,18+,19+/m1/s1. The predicted octanol–water partition coefficient (Wildman–Crippen LogP) is 3.62. The first-order chi connectivity index (χ1) is 10.4. The number of allylic oxidation sites excluding steroid dienone is 2. The van der Waals surface area contributed by atoms with Crippen LogP contribution in [0.2, 0.25) is 0 Å².